The van der Waals surface area contributed by atoms with Gasteiger partial charge in [0, 0.05) is 11.3 Å². The maximum absolute atomic E-state index is 12.1. The minimum absolute atomic E-state index is 0.0854. The molecule has 0 spiro atoms. The first-order valence-electron chi connectivity index (χ1n) is 10.9. The van der Waals surface area contributed by atoms with Crippen LogP contribution in [0, 0.1) is 18.3 Å². The van der Waals surface area contributed by atoms with E-state index in [9.17, 15) is 10.1 Å². The molecule has 1 heterocycles. The molecule has 0 aliphatic rings. The van der Waals surface area contributed by atoms with Gasteiger partial charge in [-0.15, -0.1) is 0 Å². The van der Waals surface area contributed by atoms with Crippen molar-refractivity contribution in [2.75, 3.05) is 13.2 Å². The van der Waals surface area contributed by atoms with Crippen LogP contribution >= 0.6 is 0 Å². The van der Waals surface area contributed by atoms with Crippen LogP contribution in [0.1, 0.15) is 16.8 Å². The third kappa shape index (κ3) is 5.84. The van der Waals surface area contributed by atoms with Crippen molar-refractivity contribution in [2.45, 2.75) is 13.5 Å². The second-order valence-electron chi connectivity index (χ2n) is 7.65. The number of nitrogens with zero attached hydrogens (tertiary/aromatic N) is 1. The van der Waals surface area contributed by atoms with Gasteiger partial charge in [-0.3, -0.25) is 4.79 Å². The third-order valence-corrected chi connectivity index (χ3v) is 5.12. The Bertz CT molecular complexity index is 1340. The molecule has 1 N–H and O–H groups in total. The molecule has 0 bridgehead atoms. The number of rotatable bonds is 9. The topological polar surface area (TPSA) is 84.3 Å². The number of pyridine rings is 1. The highest BCUT2D eigenvalue weighted by molar-refractivity contribution is 5.71. The van der Waals surface area contributed by atoms with E-state index in [1.54, 1.807) is 13.0 Å². The van der Waals surface area contributed by atoms with Gasteiger partial charge in [0.05, 0.1) is 0 Å². The van der Waals surface area contributed by atoms with E-state index in [-0.39, 0.29) is 5.56 Å². The summed E-state index contributed by atoms with van der Waals surface area (Å²) in [7, 11) is 0. The molecule has 0 fully saturated rings. The lowest BCUT2D eigenvalue weighted by atomic mass is 10.0. The Hall–Kier alpha value is -4.50. The average Bonchev–Trinajstić information content (AvgIpc) is 2.86. The van der Waals surface area contributed by atoms with E-state index in [0.29, 0.717) is 36.8 Å². The van der Waals surface area contributed by atoms with E-state index < -0.39 is 5.56 Å². The molecule has 0 unspecified atom stereocenters. The quantitative estimate of drug-likeness (QED) is 0.350. The van der Waals surface area contributed by atoms with Crippen LogP contribution in [0.2, 0.25) is 0 Å². The summed E-state index contributed by atoms with van der Waals surface area (Å²) in [5, 5.41) is 9.38. The first-order chi connectivity index (χ1) is 16.6. The van der Waals surface area contributed by atoms with Crippen LogP contribution in [0.5, 0.6) is 17.2 Å². The van der Waals surface area contributed by atoms with E-state index in [0.717, 1.165) is 22.6 Å². The molecule has 0 aliphatic carbocycles. The van der Waals surface area contributed by atoms with Crippen LogP contribution in [-0.4, -0.2) is 18.2 Å². The molecule has 6 heteroatoms. The van der Waals surface area contributed by atoms with Crippen LogP contribution in [0.4, 0.5) is 0 Å². The average molecular weight is 453 g/mol. The Morgan fingerprint density at radius 3 is 2.18 bits per heavy atom. The van der Waals surface area contributed by atoms with E-state index in [4.69, 9.17) is 14.2 Å². The number of ether oxygens (including phenoxy) is 3. The minimum Gasteiger partial charge on any atom is -0.490 e. The summed E-state index contributed by atoms with van der Waals surface area (Å²) >= 11 is 0. The van der Waals surface area contributed by atoms with Gasteiger partial charge < -0.3 is 19.2 Å². The first-order valence-corrected chi connectivity index (χ1v) is 10.9. The van der Waals surface area contributed by atoms with Gasteiger partial charge in [-0.1, -0.05) is 42.5 Å². The predicted molar refractivity (Wildman–Crippen MR) is 130 cm³/mol. The molecule has 4 aromatic rings. The van der Waals surface area contributed by atoms with E-state index in [1.165, 1.54) is 0 Å². The molecule has 0 saturated heterocycles. The van der Waals surface area contributed by atoms with Crippen molar-refractivity contribution in [1.29, 1.82) is 5.26 Å². The molecular weight excluding hydrogens is 428 g/mol. The fraction of sp³-hybridized carbons (Fsp3) is 0.143. The smallest absolute Gasteiger partial charge is 0.266 e. The van der Waals surface area contributed by atoms with Gasteiger partial charge in [-0.05, 0) is 60.5 Å². The zero-order valence-corrected chi connectivity index (χ0v) is 18.8. The Kier molecular flexibility index (Phi) is 7.26. The van der Waals surface area contributed by atoms with Gasteiger partial charge in [0.15, 0.2) is 0 Å². The molecule has 0 saturated carbocycles. The summed E-state index contributed by atoms with van der Waals surface area (Å²) in [6.07, 6.45) is 0. The molecule has 0 aliphatic heterocycles. The Morgan fingerprint density at radius 1 is 0.794 bits per heavy atom. The first kappa shape index (κ1) is 22.7. The van der Waals surface area contributed by atoms with Crippen molar-refractivity contribution in [3.05, 3.63) is 112 Å². The predicted octanol–water partition coefficient (Wildman–Crippen LogP) is 5.26. The standard InChI is InChI=1S/C28H24N2O4/c1-20-16-26(27(18-29)28(31)30-20)22-8-5-9-25(17-22)33-15-14-32-23-10-12-24(13-11-23)34-19-21-6-3-2-4-7-21/h2-13,16-17H,14-15,19H2,1H3,(H,30,31). The molecule has 0 atom stereocenters. The zero-order chi connectivity index (χ0) is 23.8. The van der Waals surface area contributed by atoms with Crippen molar-refractivity contribution >= 4 is 0 Å². The van der Waals surface area contributed by atoms with Crippen LogP contribution in [0.15, 0.2) is 89.7 Å². The number of H-pyrrole nitrogens is 1. The third-order valence-electron chi connectivity index (χ3n) is 5.12. The Morgan fingerprint density at radius 2 is 1.47 bits per heavy atom. The lowest BCUT2D eigenvalue weighted by Crippen LogP contribution is -2.12. The van der Waals surface area contributed by atoms with Gasteiger partial charge in [0.25, 0.3) is 5.56 Å². The van der Waals surface area contributed by atoms with Gasteiger partial charge in [0.1, 0.15) is 48.7 Å². The SMILES string of the molecule is Cc1cc(-c2cccc(OCCOc3ccc(OCc4ccccc4)cc3)c2)c(C#N)c(=O)[nH]1. The summed E-state index contributed by atoms with van der Waals surface area (Å²) in [6.45, 7) is 3.00. The molecule has 170 valence electrons. The highest BCUT2D eigenvalue weighted by Gasteiger charge is 2.11. The summed E-state index contributed by atoms with van der Waals surface area (Å²) < 4.78 is 17.4. The number of aryl methyl sites for hydroxylation is 1. The lowest BCUT2D eigenvalue weighted by Gasteiger charge is -2.11. The number of hydrogen-bond acceptors (Lipinski definition) is 5. The number of aromatic nitrogens is 1. The van der Waals surface area contributed by atoms with Gasteiger partial charge in [-0.25, -0.2) is 0 Å². The number of hydrogen-bond donors (Lipinski definition) is 1. The van der Waals surface area contributed by atoms with Crippen LogP contribution < -0.4 is 19.8 Å². The van der Waals surface area contributed by atoms with Gasteiger partial charge in [0.2, 0.25) is 0 Å². The molecule has 34 heavy (non-hydrogen) atoms. The summed E-state index contributed by atoms with van der Waals surface area (Å²) in [5.74, 6) is 2.13. The second-order valence-corrected chi connectivity index (χ2v) is 7.65. The second kappa shape index (κ2) is 10.9. The number of nitriles is 1. The van der Waals surface area contributed by atoms with E-state index >= 15 is 0 Å². The normalized spacial score (nSPS) is 10.4. The van der Waals surface area contributed by atoms with Crippen LogP contribution in [-0.2, 0) is 6.61 Å². The van der Waals surface area contributed by atoms with Crippen molar-refractivity contribution in [3.8, 4) is 34.4 Å². The molecule has 0 radical (unpaired) electrons. The van der Waals surface area contributed by atoms with Crippen molar-refractivity contribution in [1.82, 2.24) is 4.98 Å². The van der Waals surface area contributed by atoms with E-state index in [2.05, 4.69) is 4.98 Å². The molecule has 3 aromatic carbocycles. The minimum atomic E-state index is -0.395. The van der Waals surface area contributed by atoms with Crippen molar-refractivity contribution < 1.29 is 14.2 Å². The van der Waals surface area contributed by atoms with E-state index in [1.807, 2.05) is 84.9 Å². The zero-order valence-electron chi connectivity index (χ0n) is 18.8. The maximum Gasteiger partial charge on any atom is 0.266 e. The fourth-order valence-electron chi connectivity index (χ4n) is 3.47. The van der Waals surface area contributed by atoms with Crippen LogP contribution in [0.3, 0.4) is 0 Å². The molecule has 4 rings (SSSR count). The lowest BCUT2D eigenvalue weighted by molar-refractivity contribution is 0.217. The molecule has 6 nitrogen and oxygen atoms in total. The summed E-state index contributed by atoms with van der Waals surface area (Å²) in [4.78, 5) is 14.7. The molecule has 1 aromatic heterocycles. The summed E-state index contributed by atoms with van der Waals surface area (Å²) in [5.41, 5.74) is 2.82. The number of aromatic amines is 1. The van der Waals surface area contributed by atoms with Gasteiger partial charge in [-0.2, -0.15) is 5.26 Å². The van der Waals surface area contributed by atoms with Crippen LogP contribution in [0.25, 0.3) is 11.1 Å². The Labute approximate surface area is 198 Å². The highest BCUT2D eigenvalue weighted by atomic mass is 16.5. The molecular formula is C28H24N2O4. The van der Waals surface area contributed by atoms with Crippen molar-refractivity contribution in [2.24, 2.45) is 0 Å². The van der Waals surface area contributed by atoms with Crippen molar-refractivity contribution in [3.63, 3.8) is 0 Å². The monoisotopic (exact) mass is 452 g/mol. The molecule has 0 amide bonds. The Balaban J connectivity index is 1.29. The maximum atomic E-state index is 12.1. The number of benzene rings is 3. The fourth-order valence-corrected chi connectivity index (χ4v) is 3.47. The number of nitrogens with one attached hydrogen (secondary N) is 1. The largest absolute Gasteiger partial charge is 0.490 e. The summed E-state index contributed by atoms with van der Waals surface area (Å²) in [6, 6.07) is 28.6. The van der Waals surface area contributed by atoms with Gasteiger partial charge >= 0.3 is 0 Å². The highest BCUT2D eigenvalue weighted by Crippen LogP contribution is 2.26.